The molecule has 5 rings (SSSR count). The molecule has 1 amide bonds. The Kier molecular flexibility index (Phi) is 5.50. The maximum atomic E-state index is 11.3. The summed E-state index contributed by atoms with van der Waals surface area (Å²) in [6, 6.07) is 9.74. The van der Waals surface area contributed by atoms with Crippen LogP contribution in [0.1, 0.15) is 24.2 Å². The highest BCUT2D eigenvalue weighted by Gasteiger charge is 2.35. The molecule has 162 valence electrons. The lowest BCUT2D eigenvalue weighted by Gasteiger charge is -2.30. The summed E-state index contributed by atoms with van der Waals surface area (Å²) in [7, 11) is 0. The van der Waals surface area contributed by atoms with Crippen molar-refractivity contribution in [2.45, 2.75) is 24.8 Å². The number of hydrogen-bond acceptors (Lipinski definition) is 8. The molecule has 0 radical (unpaired) electrons. The average Bonchev–Trinajstić information content (AvgIpc) is 3.50. The zero-order valence-corrected chi connectivity index (χ0v) is 19.0. The monoisotopic (exact) mass is 464 g/mol. The molecule has 2 aliphatic heterocycles. The topological polar surface area (TPSA) is 111 Å². The Bertz CT molecular complexity index is 1230. The van der Waals surface area contributed by atoms with E-state index in [1.54, 1.807) is 11.8 Å². The number of carbonyl (C=O) groups is 1. The number of carbonyl (C=O) groups excluding carboxylic acids is 1. The molecule has 11 heteroatoms. The summed E-state index contributed by atoms with van der Waals surface area (Å²) in [6.45, 7) is 4.07. The normalized spacial score (nSPS) is 18.8. The molecule has 4 heterocycles. The first-order valence-corrected chi connectivity index (χ1v) is 11.5. The van der Waals surface area contributed by atoms with Crippen LogP contribution in [-0.2, 0) is 4.79 Å². The van der Waals surface area contributed by atoms with Crippen LogP contribution in [0, 0.1) is 6.92 Å². The minimum Gasteiger partial charge on any atom is -0.330 e. The van der Waals surface area contributed by atoms with Gasteiger partial charge in [-0.3, -0.25) is 14.9 Å². The molecule has 0 bridgehead atoms. The molecule has 9 nitrogen and oxygen atoms in total. The number of H-pyrrole nitrogens is 1. The van der Waals surface area contributed by atoms with E-state index in [1.165, 1.54) is 18.5 Å². The van der Waals surface area contributed by atoms with Crippen LogP contribution in [0.3, 0.4) is 0 Å². The Hall–Kier alpha value is -3.44. The number of anilines is 1. The Morgan fingerprint density at radius 1 is 1.34 bits per heavy atom. The van der Waals surface area contributed by atoms with Crippen LogP contribution in [0.2, 0.25) is 0 Å². The number of aromatic amines is 1. The number of rotatable bonds is 5. The molecule has 3 aromatic rings. The summed E-state index contributed by atoms with van der Waals surface area (Å²) in [4.78, 5) is 24.0. The van der Waals surface area contributed by atoms with E-state index in [-0.39, 0.29) is 11.9 Å². The first kappa shape index (κ1) is 20.5. The van der Waals surface area contributed by atoms with Crippen molar-refractivity contribution in [2.75, 3.05) is 11.9 Å². The lowest BCUT2D eigenvalue weighted by molar-refractivity contribution is -0.114. The molecule has 0 saturated heterocycles. The lowest BCUT2D eigenvalue weighted by atomic mass is 10.1. The molecule has 0 aliphatic carbocycles. The minimum absolute atomic E-state index is 0.0528. The van der Waals surface area contributed by atoms with Crippen LogP contribution in [-0.4, -0.2) is 43.6 Å². The van der Waals surface area contributed by atoms with Crippen molar-refractivity contribution in [3.63, 3.8) is 0 Å². The van der Waals surface area contributed by atoms with Gasteiger partial charge in [-0.25, -0.2) is 4.99 Å². The zero-order chi connectivity index (χ0) is 22.1. The van der Waals surface area contributed by atoms with Gasteiger partial charge in [0.05, 0.1) is 29.5 Å². The smallest absolute Gasteiger partial charge is 0.221 e. The Labute approximate surface area is 192 Å². The highest BCUT2D eigenvalue weighted by atomic mass is 32.2. The zero-order valence-electron chi connectivity index (χ0n) is 17.4. The van der Waals surface area contributed by atoms with E-state index in [0.29, 0.717) is 12.4 Å². The number of benzene rings is 1. The summed E-state index contributed by atoms with van der Waals surface area (Å²) < 4.78 is 4.33. The number of aryl methyl sites for hydroxylation is 1. The van der Waals surface area contributed by atoms with Crippen molar-refractivity contribution in [2.24, 2.45) is 9.98 Å². The third-order valence-electron chi connectivity index (χ3n) is 4.85. The fourth-order valence-corrected chi connectivity index (χ4v) is 4.94. The second-order valence-corrected chi connectivity index (χ2v) is 9.21. The molecular formula is C21H20N8OS2. The van der Waals surface area contributed by atoms with E-state index < -0.39 is 0 Å². The molecule has 3 N–H and O–H groups in total. The van der Waals surface area contributed by atoms with Crippen LogP contribution in [0.5, 0.6) is 0 Å². The predicted octanol–water partition coefficient (Wildman–Crippen LogP) is 3.81. The van der Waals surface area contributed by atoms with Crippen molar-refractivity contribution >= 4 is 51.6 Å². The van der Waals surface area contributed by atoms with Crippen LogP contribution < -0.4 is 10.6 Å². The van der Waals surface area contributed by atoms with Gasteiger partial charge in [-0.1, -0.05) is 11.8 Å². The highest BCUT2D eigenvalue weighted by molar-refractivity contribution is 8.03. The van der Waals surface area contributed by atoms with Crippen molar-refractivity contribution in [1.29, 1.82) is 0 Å². The van der Waals surface area contributed by atoms with Crippen LogP contribution in [0.25, 0.3) is 0 Å². The number of fused-ring (bicyclic) bond motifs is 1. The number of amides is 1. The maximum absolute atomic E-state index is 11.3. The van der Waals surface area contributed by atoms with Crippen molar-refractivity contribution in [3.05, 3.63) is 65.2 Å². The number of amidine groups is 2. The Morgan fingerprint density at radius 2 is 2.19 bits per heavy atom. The summed E-state index contributed by atoms with van der Waals surface area (Å²) in [5, 5.41) is 15.0. The number of nitrogens with zero attached hydrogens (tertiary/aromatic N) is 5. The number of nitrogens with one attached hydrogen (secondary N) is 3. The third-order valence-corrected chi connectivity index (χ3v) is 6.56. The SMILES string of the molecule is CC(=O)Nc1ccc(SC2=CN3C(=NCC3c3cn[nH]c3)C(=Nc3cc(C)ns3)N2)cc1. The molecule has 1 unspecified atom stereocenters. The van der Waals surface area contributed by atoms with Gasteiger partial charge in [0.1, 0.15) is 5.00 Å². The van der Waals surface area contributed by atoms with Crippen LogP contribution >= 0.6 is 23.3 Å². The van der Waals surface area contributed by atoms with Gasteiger partial charge in [0.25, 0.3) is 0 Å². The second-order valence-electron chi connectivity index (χ2n) is 7.31. The molecule has 32 heavy (non-hydrogen) atoms. The van der Waals surface area contributed by atoms with Gasteiger partial charge in [0, 0.05) is 35.5 Å². The predicted molar refractivity (Wildman–Crippen MR) is 127 cm³/mol. The molecule has 1 aromatic carbocycles. The van der Waals surface area contributed by atoms with Crippen LogP contribution in [0.4, 0.5) is 10.7 Å². The minimum atomic E-state index is -0.0904. The third kappa shape index (κ3) is 4.30. The van der Waals surface area contributed by atoms with Gasteiger partial charge >= 0.3 is 0 Å². The van der Waals surface area contributed by atoms with Gasteiger partial charge in [-0.15, -0.1) is 0 Å². The van der Waals surface area contributed by atoms with Gasteiger partial charge in [0.2, 0.25) is 5.91 Å². The highest BCUT2D eigenvalue weighted by Crippen LogP contribution is 2.34. The van der Waals surface area contributed by atoms with Gasteiger partial charge in [-0.05, 0) is 48.8 Å². The maximum Gasteiger partial charge on any atom is 0.221 e. The van der Waals surface area contributed by atoms with Crippen molar-refractivity contribution < 1.29 is 4.79 Å². The lowest BCUT2D eigenvalue weighted by Crippen LogP contribution is -2.43. The van der Waals surface area contributed by atoms with Gasteiger partial charge < -0.3 is 15.5 Å². The van der Waals surface area contributed by atoms with Gasteiger partial charge in [-0.2, -0.15) is 9.47 Å². The van der Waals surface area contributed by atoms with Crippen molar-refractivity contribution in [3.8, 4) is 0 Å². The summed E-state index contributed by atoms with van der Waals surface area (Å²) in [5.41, 5.74) is 2.78. The quantitative estimate of drug-likeness (QED) is 0.530. The molecule has 0 saturated carbocycles. The van der Waals surface area contributed by atoms with E-state index in [0.717, 1.165) is 37.7 Å². The van der Waals surface area contributed by atoms with E-state index in [2.05, 4.69) is 36.3 Å². The summed E-state index contributed by atoms with van der Waals surface area (Å²) in [6.07, 6.45) is 5.79. The second kappa shape index (κ2) is 8.60. The molecule has 1 atom stereocenters. The van der Waals surface area contributed by atoms with Crippen LogP contribution in [0.15, 0.2) is 68.8 Å². The number of hydrogen-bond donors (Lipinski definition) is 3. The molecular weight excluding hydrogens is 444 g/mol. The van der Waals surface area contributed by atoms with E-state index in [9.17, 15) is 4.79 Å². The van der Waals surface area contributed by atoms with E-state index in [4.69, 9.17) is 9.98 Å². The fraction of sp³-hybridized carbons (Fsp3) is 0.190. The first-order chi connectivity index (χ1) is 15.5. The first-order valence-electron chi connectivity index (χ1n) is 9.93. The largest absolute Gasteiger partial charge is 0.330 e. The molecule has 0 fully saturated rings. The average molecular weight is 465 g/mol. The van der Waals surface area contributed by atoms with Gasteiger partial charge in [0.15, 0.2) is 11.7 Å². The fourth-order valence-electron chi connectivity index (χ4n) is 3.46. The Morgan fingerprint density at radius 3 is 2.88 bits per heavy atom. The summed E-state index contributed by atoms with van der Waals surface area (Å²) >= 11 is 2.94. The van der Waals surface area contributed by atoms with E-state index in [1.807, 2.05) is 49.6 Å². The number of thioether (sulfide) groups is 1. The number of aromatic nitrogens is 3. The Balaban J connectivity index is 1.45. The number of aliphatic imine (C=N–C) groups is 2. The standard InChI is InChI=1S/C21H20N8OS2/c1-12-7-18(32-28-12)26-20-21-22-10-17(14-8-23-24-9-14)29(21)11-19(27-20)31-16-5-3-15(4-6-16)25-13(2)30/h3-9,11,17H,10H2,1-2H3,(H,23,24)(H,25,30)(H,26,27). The van der Waals surface area contributed by atoms with Crippen molar-refractivity contribution in [1.82, 2.24) is 24.8 Å². The molecule has 0 spiro atoms. The molecule has 2 aromatic heterocycles. The summed E-state index contributed by atoms with van der Waals surface area (Å²) in [5.74, 6) is 1.40. The van der Waals surface area contributed by atoms with E-state index >= 15 is 0 Å². The molecule has 2 aliphatic rings.